The molecule has 1 aliphatic rings. The number of likely N-dealkylation sites (N-methyl/N-ethyl adjacent to an activating group) is 1. The number of nitrogens with zero attached hydrogens (tertiary/aromatic N) is 7. The lowest BCUT2D eigenvalue weighted by molar-refractivity contribution is -0.384. The molecule has 6 rings (SSSR count). The number of halogens is 1. The van der Waals surface area contributed by atoms with E-state index in [4.69, 9.17) is 39.6 Å². The van der Waals surface area contributed by atoms with Crippen molar-refractivity contribution < 1.29 is 37.7 Å². The van der Waals surface area contributed by atoms with Gasteiger partial charge in [0.1, 0.15) is 28.5 Å². The van der Waals surface area contributed by atoms with Gasteiger partial charge in [0.05, 0.1) is 74.8 Å². The van der Waals surface area contributed by atoms with Crippen LogP contribution in [0.4, 0.5) is 27.5 Å². The van der Waals surface area contributed by atoms with Gasteiger partial charge < -0.3 is 32.9 Å². The van der Waals surface area contributed by atoms with Crippen LogP contribution >= 0.6 is 20.1 Å². The fourth-order valence-electron chi connectivity index (χ4n) is 8.84. The molecule has 3 atom stereocenters. The van der Waals surface area contributed by atoms with Gasteiger partial charge in [-0.3, -0.25) is 15.0 Å². The second kappa shape index (κ2) is 24.6. The molecule has 70 heavy (non-hydrogen) atoms. The summed E-state index contributed by atoms with van der Waals surface area (Å²) in [6, 6.07) is 39.1. The maximum atomic E-state index is 14.7. The van der Waals surface area contributed by atoms with Crippen molar-refractivity contribution in [1.29, 1.82) is 5.26 Å². The number of nitro groups is 1. The van der Waals surface area contributed by atoms with Crippen molar-refractivity contribution in [3.05, 3.63) is 153 Å². The minimum absolute atomic E-state index is 0.0311. The summed E-state index contributed by atoms with van der Waals surface area (Å²) in [7, 11) is 1.52. The Labute approximate surface area is 416 Å². The number of benzene rings is 5. The van der Waals surface area contributed by atoms with Crippen LogP contribution in [0.15, 0.2) is 132 Å². The molecule has 0 radical (unpaired) electrons. The van der Waals surface area contributed by atoms with Crippen LogP contribution in [-0.4, -0.2) is 91.6 Å². The molecule has 1 fully saturated rings. The van der Waals surface area contributed by atoms with Crippen molar-refractivity contribution in [2.24, 2.45) is 10.2 Å². The number of carbonyl (C=O) groups excluding carboxylic acids is 1. The predicted octanol–water partition coefficient (Wildman–Crippen LogP) is 12.7. The second-order valence-electron chi connectivity index (χ2n) is 16.9. The summed E-state index contributed by atoms with van der Waals surface area (Å²) in [6.07, 6.45) is -0.718. The Bertz CT molecular complexity index is 2510. The molecule has 0 bridgehead atoms. The minimum atomic E-state index is -1.72. The Kier molecular flexibility index (Phi) is 18.7. The SMILES string of the molecule is CCOC(=O)N1C[C@H](OP(OCCC#N)N(C(C)C)C(C)C)C[C@]1(COC(c1ccccc1)(c1ccc(OC)cc1)c1ccc(OC)cc1)N(CC)c1ccc(N=Nc2ccc([N+](=O)[O-])cc2Cl)cc1. The van der Waals surface area contributed by atoms with Gasteiger partial charge in [-0.05, 0) is 113 Å². The van der Waals surface area contributed by atoms with Gasteiger partial charge in [-0.1, -0.05) is 66.2 Å². The summed E-state index contributed by atoms with van der Waals surface area (Å²) in [6.45, 7) is 12.8. The number of anilines is 1. The molecule has 0 saturated carbocycles. The van der Waals surface area contributed by atoms with Crippen molar-refractivity contribution in [2.75, 3.05) is 52.0 Å². The average molecular weight is 995 g/mol. The first-order chi connectivity index (χ1) is 33.7. The van der Waals surface area contributed by atoms with Crippen LogP contribution in [0.1, 0.15) is 71.1 Å². The lowest BCUT2D eigenvalue weighted by atomic mass is 9.79. The molecule has 0 aliphatic carbocycles. The lowest BCUT2D eigenvalue weighted by Crippen LogP contribution is -2.63. The largest absolute Gasteiger partial charge is 0.497 e. The Balaban J connectivity index is 1.53. The minimum Gasteiger partial charge on any atom is -0.497 e. The van der Waals surface area contributed by atoms with E-state index in [1.165, 1.54) is 18.2 Å². The van der Waals surface area contributed by atoms with Gasteiger partial charge in [-0.15, -0.1) is 5.11 Å². The molecule has 16 nitrogen and oxygen atoms in total. The Morgan fingerprint density at radius 3 is 2.01 bits per heavy atom. The number of hydrogen-bond donors (Lipinski definition) is 0. The number of nitriles is 1. The number of hydrogen-bond acceptors (Lipinski definition) is 14. The van der Waals surface area contributed by atoms with Gasteiger partial charge >= 0.3 is 6.09 Å². The molecule has 5 aromatic carbocycles. The fourth-order valence-corrected chi connectivity index (χ4v) is 10.8. The number of methoxy groups -OCH3 is 2. The third-order valence-corrected chi connectivity index (χ3v) is 14.4. The van der Waals surface area contributed by atoms with Crippen molar-refractivity contribution in [2.45, 2.75) is 83.8 Å². The van der Waals surface area contributed by atoms with Gasteiger partial charge in [0, 0.05) is 42.9 Å². The van der Waals surface area contributed by atoms with Gasteiger partial charge in [0.2, 0.25) is 0 Å². The van der Waals surface area contributed by atoms with Crippen molar-refractivity contribution in [3.63, 3.8) is 0 Å². The average Bonchev–Trinajstić information content (AvgIpc) is 3.73. The molecular formula is C52H61ClN7O9P. The summed E-state index contributed by atoms with van der Waals surface area (Å²) in [5, 5.41) is 29.6. The van der Waals surface area contributed by atoms with E-state index in [-0.39, 0.29) is 67.7 Å². The van der Waals surface area contributed by atoms with Gasteiger partial charge in [-0.2, -0.15) is 10.4 Å². The van der Waals surface area contributed by atoms with Crippen molar-refractivity contribution in [1.82, 2.24) is 9.57 Å². The van der Waals surface area contributed by atoms with E-state index >= 15 is 0 Å². The number of non-ortho nitro benzene ring substituents is 1. The maximum absolute atomic E-state index is 14.7. The van der Waals surface area contributed by atoms with E-state index in [0.717, 1.165) is 22.4 Å². The number of likely N-dealkylation sites (tertiary alicyclic amines) is 1. The van der Waals surface area contributed by atoms with E-state index in [0.29, 0.717) is 23.7 Å². The molecule has 1 amide bonds. The van der Waals surface area contributed by atoms with Crippen LogP contribution in [0.2, 0.25) is 5.02 Å². The topological polar surface area (TPSA) is 174 Å². The molecule has 5 aromatic rings. The molecular weight excluding hydrogens is 933 g/mol. The summed E-state index contributed by atoms with van der Waals surface area (Å²) in [4.78, 5) is 29.3. The molecule has 18 heteroatoms. The number of nitro benzene ring substituents is 1. The summed E-state index contributed by atoms with van der Waals surface area (Å²) < 4.78 is 40.5. The highest BCUT2D eigenvalue weighted by Gasteiger charge is 2.56. The van der Waals surface area contributed by atoms with Gasteiger partial charge in [0.15, 0.2) is 0 Å². The Hall–Kier alpha value is -6.18. The maximum Gasteiger partial charge on any atom is 0.411 e. The third-order valence-electron chi connectivity index (χ3n) is 11.9. The number of azo groups is 1. The molecule has 0 N–H and O–H groups in total. The Morgan fingerprint density at radius 2 is 1.50 bits per heavy atom. The van der Waals surface area contributed by atoms with Crippen molar-refractivity contribution >= 4 is 49.0 Å². The van der Waals surface area contributed by atoms with Crippen molar-refractivity contribution in [3.8, 4) is 17.6 Å². The molecule has 1 aliphatic heterocycles. The van der Waals surface area contributed by atoms with E-state index in [1.54, 1.807) is 38.2 Å². The van der Waals surface area contributed by atoms with Crippen LogP contribution < -0.4 is 14.4 Å². The third kappa shape index (κ3) is 12.0. The molecule has 1 unspecified atom stereocenters. The van der Waals surface area contributed by atoms with Crippen LogP contribution in [0.25, 0.3) is 0 Å². The zero-order valence-electron chi connectivity index (χ0n) is 40.9. The number of amides is 1. The standard InChI is InChI=1S/C52H61ClN7O9P/c1-9-57(43-23-21-42(22-24-43)55-56-49-30-25-44(60(62)63)33-48(49)53)51(34-47(35-58(51)50(61)66-10-2)69-70(68-32-14-31-54)59(37(3)4)38(5)6)36-67-52(39-15-12-11-13-16-39,40-17-26-45(64-7)27-18-40)41-19-28-46(65-8)29-20-41/h11-13,15-30,33,37-38,47H,9-10,14,32,34-36H2,1-8H3/t47-,51+,70?/m1/s1. The highest BCUT2D eigenvalue weighted by atomic mass is 35.5. The highest BCUT2D eigenvalue weighted by Crippen LogP contribution is 2.52. The predicted molar refractivity (Wildman–Crippen MR) is 271 cm³/mol. The van der Waals surface area contributed by atoms with Crippen LogP contribution in [-0.2, 0) is 24.1 Å². The number of carbonyl (C=O) groups is 1. The molecule has 1 saturated heterocycles. The zero-order chi connectivity index (χ0) is 50.4. The van der Waals surface area contributed by atoms with E-state index in [1.807, 2.05) is 97.9 Å². The quantitative estimate of drug-likeness (QED) is 0.0151. The number of ether oxygens (including phenoxy) is 4. The van der Waals surface area contributed by atoms with E-state index < -0.39 is 36.9 Å². The van der Waals surface area contributed by atoms with Gasteiger partial charge in [0.25, 0.3) is 14.2 Å². The summed E-state index contributed by atoms with van der Waals surface area (Å²) in [5.41, 5.74) is 1.21. The molecule has 1 heterocycles. The monoisotopic (exact) mass is 993 g/mol. The van der Waals surface area contributed by atoms with Gasteiger partial charge in [-0.25, -0.2) is 9.46 Å². The summed E-state index contributed by atoms with van der Waals surface area (Å²) in [5.74, 6) is 1.34. The van der Waals surface area contributed by atoms with Crippen LogP contribution in [0.5, 0.6) is 11.5 Å². The van der Waals surface area contributed by atoms with E-state index in [2.05, 4.69) is 53.6 Å². The van der Waals surface area contributed by atoms with Crippen LogP contribution in [0, 0.1) is 21.4 Å². The highest BCUT2D eigenvalue weighted by molar-refractivity contribution is 7.44. The molecule has 0 aromatic heterocycles. The Morgan fingerprint density at radius 1 is 0.900 bits per heavy atom. The second-order valence-corrected chi connectivity index (χ2v) is 18.7. The zero-order valence-corrected chi connectivity index (χ0v) is 42.5. The lowest BCUT2D eigenvalue weighted by Gasteiger charge is -2.49. The number of rotatable bonds is 23. The van der Waals surface area contributed by atoms with E-state index in [9.17, 15) is 20.2 Å². The first kappa shape index (κ1) is 53.2. The fraction of sp³-hybridized carbons (Fsp3) is 0.385. The first-order valence-electron chi connectivity index (χ1n) is 23.2. The normalized spacial score (nSPS) is 16.4. The smallest absolute Gasteiger partial charge is 0.411 e. The first-order valence-corrected chi connectivity index (χ1v) is 24.7. The van der Waals surface area contributed by atoms with Crippen LogP contribution in [0.3, 0.4) is 0 Å². The molecule has 370 valence electrons. The summed E-state index contributed by atoms with van der Waals surface area (Å²) >= 11 is 6.34. The molecule has 0 spiro atoms.